The van der Waals surface area contributed by atoms with Crippen molar-refractivity contribution in [1.29, 1.82) is 0 Å². The van der Waals surface area contributed by atoms with Gasteiger partial charge in [-0.3, -0.25) is 0 Å². The van der Waals surface area contributed by atoms with E-state index >= 15 is 4.39 Å². The minimum absolute atomic E-state index is 0.200. The largest absolute Gasteiger partial charge is 0.492 e. The van der Waals surface area contributed by atoms with E-state index in [-0.39, 0.29) is 11.6 Å². The van der Waals surface area contributed by atoms with Crippen LogP contribution in [0.1, 0.15) is 60.6 Å². The monoisotopic (exact) mass is 488 g/mol. The number of aliphatic hydroxyl groups excluding tert-OH is 1. The standard InChI is InChI=1S/C30H33FN2O3/c1-30(2,35)23-11-5-9-20-19(17-32-28(20)23)8-4-7-18-13-15-25(29(36-3)27(18)31)33-24-12-6-10-22-21(24)14-16-26(22)34/h5-6,9-13,15,17,26,32-35H,4,7-8,14,16H2,1-3H3. The van der Waals surface area contributed by atoms with Crippen LogP contribution in [0, 0.1) is 5.82 Å². The summed E-state index contributed by atoms with van der Waals surface area (Å²) in [6.07, 6.45) is 5.17. The molecule has 0 bridgehead atoms. The van der Waals surface area contributed by atoms with Gasteiger partial charge in [-0.1, -0.05) is 36.4 Å². The lowest BCUT2D eigenvalue weighted by Gasteiger charge is -2.18. The molecule has 0 radical (unpaired) electrons. The van der Waals surface area contributed by atoms with Gasteiger partial charge in [0.05, 0.1) is 30.0 Å². The first-order valence-corrected chi connectivity index (χ1v) is 12.5. The van der Waals surface area contributed by atoms with Gasteiger partial charge in [-0.05, 0) is 80.3 Å². The highest BCUT2D eigenvalue weighted by atomic mass is 19.1. The number of para-hydroxylation sites is 1. The Labute approximate surface area is 210 Å². The number of H-pyrrole nitrogens is 1. The van der Waals surface area contributed by atoms with E-state index in [1.54, 1.807) is 13.8 Å². The number of methoxy groups -OCH3 is 1. The Morgan fingerprint density at radius 2 is 1.83 bits per heavy atom. The summed E-state index contributed by atoms with van der Waals surface area (Å²) in [6.45, 7) is 3.57. The molecule has 1 aliphatic carbocycles. The van der Waals surface area contributed by atoms with Crippen LogP contribution in [-0.2, 0) is 24.9 Å². The van der Waals surface area contributed by atoms with Gasteiger partial charge in [-0.15, -0.1) is 0 Å². The fourth-order valence-corrected chi connectivity index (χ4v) is 5.38. The van der Waals surface area contributed by atoms with Gasteiger partial charge in [0.2, 0.25) is 0 Å². The average molecular weight is 489 g/mol. The third-order valence-electron chi connectivity index (χ3n) is 7.24. The highest BCUT2D eigenvalue weighted by molar-refractivity contribution is 5.86. The van der Waals surface area contributed by atoms with E-state index in [1.165, 1.54) is 7.11 Å². The zero-order chi connectivity index (χ0) is 25.4. The van der Waals surface area contributed by atoms with Crippen molar-refractivity contribution in [2.75, 3.05) is 12.4 Å². The molecule has 0 amide bonds. The number of ether oxygens (including phenoxy) is 1. The Morgan fingerprint density at radius 1 is 1.06 bits per heavy atom. The quantitative estimate of drug-likeness (QED) is 0.230. The molecule has 4 N–H and O–H groups in total. The van der Waals surface area contributed by atoms with Crippen molar-refractivity contribution in [1.82, 2.24) is 4.98 Å². The molecule has 1 aromatic heterocycles. The van der Waals surface area contributed by atoms with E-state index in [0.29, 0.717) is 24.1 Å². The van der Waals surface area contributed by atoms with Gasteiger partial charge in [0.25, 0.3) is 0 Å². The Kier molecular flexibility index (Phi) is 6.49. The van der Waals surface area contributed by atoms with Gasteiger partial charge in [0.1, 0.15) is 0 Å². The molecule has 0 spiro atoms. The Hall–Kier alpha value is -3.35. The molecule has 5 nitrogen and oxygen atoms in total. The molecule has 1 aliphatic rings. The van der Waals surface area contributed by atoms with Crippen LogP contribution >= 0.6 is 0 Å². The number of hydrogen-bond acceptors (Lipinski definition) is 4. The lowest BCUT2D eigenvalue weighted by molar-refractivity contribution is 0.0800. The number of aryl methyl sites for hydroxylation is 2. The van der Waals surface area contributed by atoms with Crippen LogP contribution < -0.4 is 10.1 Å². The molecule has 0 fully saturated rings. The number of benzene rings is 3. The van der Waals surface area contributed by atoms with Crippen LogP contribution in [-0.4, -0.2) is 22.3 Å². The first kappa shape index (κ1) is 24.3. The van der Waals surface area contributed by atoms with Crippen molar-refractivity contribution in [2.45, 2.75) is 57.7 Å². The highest BCUT2D eigenvalue weighted by Gasteiger charge is 2.24. The maximum atomic E-state index is 15.4. The fraction of sp³-hybridized carbons (Fsp3) is 0.333. The first-order valence-electron chi connectivity index (χ1n) is 12.5. The molecule has 0 aliphatic heterocycles. The van der Waals surface area contributed by atoms with Crippen molar-refractivity contribution in [3.8, 4) is 5.75 Å². The van der Waals surface area contributed by atoms with Gasteiger partial charge >= 0.3 is 0 Å². The van der Waals surface area contributed by atoms with Crippen molar-refractivity contribution in [2.24, 2.45) is 0 Å². The topological polar surface area (TPSA) is 77.5 Å². The van der Waals surface area contributed by atoms with Crippen LogP contribution in [0.5, 0.6) is 5.75 Å². The zero-order valence-corrected chi connectivity index (χ0v) is 21.0. The van der Waals surface area contributed by atoms with Gasteiger partial charge in [0, 0.05) is 22.8 Å². The first-order chi connectivity index (χ1) is 17.3. The number of aliphatic hydroxyl groups is 2. The van der Waals surface area contributed by atoms with Crippen LogP contribution in [0.15, 0.2) is 54.7 Å². The second-order valence-electron chi connectivity index (χ2n) is 10.1. The maximum absolute atomic E-state index is 15.4. The predicted molar refractivity (Wildman–Crippen MR) is 142 cm³/mol. The normalized spacial score (nSPS) is 15.3. The molecule has 5 rings (SSSR count). The molecule has 36 heavy (non-hydrogen) atoms. The molecule has 3 aromatic carbocycles. The van der Waals surface area contributed by atoms with Crippen LogP contribution in [0.4, 0.5) is 15.8 Å². The van der Waals surface area contributed by atoms with E-state index in [1.807, 2.05) is 48.7 Å². The van der Waals surface area contributed by atoms with Crippen LogP contribution in [0.25, 0.3) is 10.9 Å². The number of hydrogen-bond donors (Lipinski definition) is 4. The molecule has 6 heteroatoms. The minimum Gasteiger partial charge on any atom is -0.492 e. The summed E-state index contributed by atoms with van der Waals surface area (Å²) in [5.41, 5.74) is 6.10. The van der Waals surface area contributed by atoms with Crippen LogP contribution in [0.3, 0.4) is 0 Å². The molecule has 4 aromatic rings. The smallest absolute Gasteiger partial charge is 0.178 e. The van der Waals surface area contributed by atoms with E-state index in [9.17, 15) is 10.2 Å². The highest BCUT2D eigenvalue weighted by Crippen LogP contribution is 2.39. The van der Waals surface area contributed by atoms with E-state index in [0.717, 1.165) is 58.1 Å². The Bertz CT molecular complexity index is 1400. The number of rotatable bonds is 8. The summed E-state index contributed by atoms with van der Waals surface area (Å²) in [5.74, 6) is -0.149. The number of aromatic nitrogens is 1. The van der Waals surface area contributed by atoms with E-state index in [4.69, 9.17) is 4.74 Å². The number of nitrogens with one attached hydrogen (secondary N) is 2. The summed E-state index contributed by atoms with van der Waals surface area (Å²) in [5, 5.41) is 25.1. The minimum atomic E-state index is -0.934. The molecule has 0 saturated heterocycles. The van der Waals surface area contributed by atoms with Crippen molar-refractivity contribution in [3.05, 3.63) is 88.4 Å². The average Bonchev–Trinajstić information content (AvgIpc) is 3.44. The van der Waals surface area contributed by atoms with E-state index in [2.05, 4.69) is 16.4 Å². The fourth-order valence-electron chi connectivity index (χ4n) is 5.38. The number of halogens is 1. The SMILES string of the molecule is COc1c(Nc2cccc3c2CCC3O)ccc(CCCc2c[nH]c3c(C(C)(C)O)cccc23)c1F. The summed E-state index contributed by atoms with van der Waals surface area (Å²) in [7, 11) is 1.48. The van der Waals surface area contributed by atoms with Crippen molar-refractivity contribution in [3.63, 3.8) is 0 Å². The zero-order valence-electron chi connectivity index (χ0n) is 21.0. The molecule has 1 heterocycles. The van der Waals surface area contributed by atoms with Gasteiger partial charge in [0.15, 0.2) is 11.6 Å². The molecular formula is C30H33FN2O3. The number of aromatic amines is 1. The second kappa shape index (κ2) is 9.60. The van der Waals surface area contributed by atoms with E-state index < -0.39 is 11.7 Å². The number of anilines is 2. The molecule has 188 valence electrons. The van der Waals surface area contributed by atoms with Crippen LogP contribution in [0.2, 0.25) is 0 Å². The van der Waals surface area contributed by atoms with Gasteiger partial charge in [-0.25, -0.2) is 4.39 Å². The summed E-state index contributed by atoms with van der Waals surface area (Å²) in [4.78, 5) is 3.31. The summed E-state index contributed by atoms with van der Waals surface area (Å²) < 4.78 is 20.9. The number of fused-ring (bicyclic) bond motifs is 2. The molecule has 0 saturated carbocycles. The second-order valence-corrected chi connectivity index (χ2v) is 10.1. The molecule has 1 atom stereocenters. The third-order valence-corrected chi connectivity index (χ3v) is 7.24. The van der Waals surface area contributed by atoms with Gasteiger partial charge in [-0.2, -0.15) is 0 Å². The lowest BCUT2D eigenvalue weighted by atomic mass is 9.95. The van der Waals surface area contributed by atoms with Gasteiger partial charge < -0.3 is 25.3 Å². The summed E-state index contributed by atoms with van der Waals surface area (Å²) in [6, 6.07) is 15.4. The van der Waals surface area contributed by atoms with Crippen molar-refractivity contribution < 1.29 is 19.3 Å². The lowest BCUT2D eigenvalue weighted by Crippen LogP contribution is -2.15. The van der Waals surface area contributed by atoms with Crippen molar-refractivity contribution >= 4 is 22.3 Å². The molecule has 1 unspecified atom stereocenters. The molecular weight excluding hydrogens is 455 g/mol. The summed E-state index contributed by atoms with van der Waals surface area (Å²) >= 11 is 0. The Morgan fingerprint density at radius 3 is 2.61 bits per heavy atom. The maximum Gasteiger partial charge on any atom is 0.178 e. The predicted octanol–water partition coefficient (Wildman–Crippen LogP) is 6.44. The third kappa shape index (κ3) is 4.47. The Balaban J connectivity index is 1.32.